The van der Waals surface area contributed by atoms with Crippen LogP contribution in [0.1, 0.15) is 48.4 Å². The molecule has 0 aromatic heterocycles. The number of benzene rings is 15. The summed E-state index contributed by atoms with van der Waals surface area (Å²) in [5.41, 5.74) is 13.2. The third-order valence-electron chi connectivity index (χ3n) is 23.1. The predicted octanol–water partition coefficient (Wildman–Crippen LogP) is 13.4. The Bertz CT molecular complexity index is 5820. The molecule has 115 heavy (non-hydrogen) atoms. The standard InChI is InChI=1S/C36H33BO2Si.C30H21ClSi.C24H16BrClSi.C6H7BO2.B7.7H2.H/c1-35(2)36(3,4)39-37(38-35)31-21-14-22-33-34(31)30-25-27(26-15-8-5-9-16-26)23-24-32(30)40(33,28-17-10-6-11-18-28)29-19-12-7-13-20-29;31-27-17-10-18-29-30(27)26-21-23(22-11-4-1-5-12-22)19-20-28(26)32(29,24-13-6-2-7-14-24)25-15-8-3-9-16-25;25-17-14-15-22-20(16-17)24-21(26)12-7-13-23(24)27(22,18-8-3-1-4-9-18)19-10-5-2-6-11-19;8-7(9)6-4-2-1-3-5-6;1-5-7(4)6(2)3;;;;;;;;/h5-25H,1-4H3;1-21H;1-16H;1-5,8-9H;;7*1H;/q;;;;;;;;;;;;-1/i;;;;;6*1+1D;2*1+1. The third-order valence-corrected chi connectivity index (χ3v) is 38.8. The summed E-state index contributed by atoms with van der Waals surface area (Å²) in [5.74, 6) is 0. The van der Waals surface area contributed by atoms with Crippen molar-refractivity contribution in [1.82, 2.24) is 0 Å². The van der Waals surface area contributed by atoms with Gasteiger partial charge in [-0.1, -0.05) is 385 Å². The topological polar surface area (TPSA) is 58.9 Å². The fourth-order valence-electron chi connectivity index (χ4n) is 17.1. The second-order valence-electron chi connectivity index (χ2n) is 30.2. The lowest BCUT2D eigenvalue weighted by Crippen LogP contribution is -2.73. The molecule has 0 spiro atoms. The Labute approximate surface area is 727 Å². The van der Waals surface area contributed by atoms with E-state index in [0.717, 1.165) is 20.0 Å². The monoisotopic (exact) mass is 1650 g/mol. The van der Waals surface area contributed by atoms with Gasteiger partial charge in [-0.15, -0.1) is 0 Å². The molecule has 19 rings (SSSR count). The van der Waals surface area contributed by atoms with Crippen LogP contribution in [0.25, 0.3) is 55.6 Å². The number of fused-ring (bicyclic) bond motifs is 9. The highest BCUT2D eigenvalue weighted by atomic mass is 79.9. The van der Waals surface area contributed by atoms with Crippen molar-refractivity contribution in [3.05, 3.63) is 397 Å². The second-order valence-corrected chi connectivity index (χ2v) is 43.1. The van der Waals surface area contributed by atoms with Gasteiger partial charge in [0.1, 0.15) is 0 Å². The van der Waals surface area contributed by atoms with Gasteiger partial charge in [0.05, 0.1) is 11.2 Å². The van der Waals surface area contributed by atoms with E-state index in [1.165, 1.54) is 125 Å². The largest absolute Gasteiger partial charge is 1.00 e. The predicted molar refractivity (Wildman–Crippen MR) is 524 cm³/mol. The van der Waals surface area contributed by atoms with Crippen molar-refractivity contribution in [3.8, 4) is 55.6 Å². The molecule has 4 nitrogen and oxygen atoms in total. The second kappa shape index (κ2) is 34.7. The maximum absolute atomic E-state index is 8.58. The zero-order valence-corrected chi connectivity index (χ0v) is 70.5. The van der Waals surface area contributed by atoms with Crippen molar-refractivity contribution in [2.45, 2.75) is 38.9 Å². The summed E-state index contributed by atoms with van der Waals surface area (Å²) in [4.78, 5) is 0. The van der Waals surface area contributed by atoms with Gasteiger partial charge in [0.25, 0.3) is 0 Å². The summed E-state index contributed by atoms with van der Waals surface area (Å²) in [6, 6.07) is 136. The first kappa shape index (κ1) is 73.1. The summed E-state index contributed by atoms with van der Waals surface area (Å²) < 4.78 is 74.4. The molecule has 9 radical (unpaired) electrons. The van der Waals surface area contributed by atoms with Crippen LogP contribution in [0.15, 0.2) is 387 Å². The molecule has 0 aliphatic carbocycles. The third kappa shape index (κ3) is 15.2. The smallest absolute Gasteiger partial charge is 0.495 e. The lowest BCUT2D eigenvalue weighted by molar-refractivity contribution is 0.00578. The van der Waals surface area contributed by atoms with E-state index in [1.807, 2.05) is 18.2 Å². The molecule has 4 aliphatic heterocycles. The average Bonchev–Trinajstić information content (AvgIpc) is 1.56. The summed E-state index contributed by atoms with van der Waals surface area (Å²) in [6.07, 6.45) is -0.926. The van der Waals surface area contributed by atoms with Crippen LogP contribution >= 0.6 is 39.1 Å². The minimum atomic E-state index is -2.61. The van der Waals surface area contributed by atoms with Crippen molar-refractivity contribution < 1.29 is 40.0 Å². The van der Waals surface area contributed by atoms with Gasteiger partial charge in [-0.3, -0.25) is 0 Å². The van der Waals surface area contributed by atoms with Crippen molar-refractivity contribution in [2.24, 2.45) is 0 Å². The van der Waals surface area contributed by atoms with Gasteiger partial charge in [0.15, 0.2) is 24.2 Å². The minimum absolute atomic E-state index is 0. The molecule has 15 aromatic carbocycles. The zero-order valence-electron chi connectivity index (χ0n) is 77.4. The number of rotatable bonds is 12. The molecule has 19 heteroatoms. The van der Waals surface area contributed by atoms with Crippen molar-refractivity contribution >= 4 is 202 Å². The highest BCUT2D eigenvalue weighted by molar-refractivity contribution is 9.10. The van der Waals surface area contributed by atoms with Gasteiger partial charge >= 0.3 is 14.2 Å². The molecule has 561 valence electrons. The Hall–Kier alpha value is -9.56. The molecule has 2 N–H and O–H groups in total. The molecule has 15 aromatic rings. The van der Waals surface area contributed by atoms with E-state index in [4.69, 9.17) is 91.3 Å². The maximum Gasteiger partial charge on any atom is 0.495 e. The lowest BCUT2D eigenvalue weighted by Gasteiger charge is -2.32. The van der Waals surface area contributed by atoms with Crippen LogP contribution in [0.2, 0.25) is 10.0 Å². The van der Waals surface area contributed by atoms with Gasteiger partial charge in [-0.2, -0.15) is 0 Å². The molecule has 1 saturated heterocycles. The van der Waals surface area contributed by atoms with Gasteiger partial charge in [0, 0.05) is 95.7 Å². The fraction of sp³-hybridized carbons (Fsp3) is 0.0625. The van der Waals surface area contributed by atoms with Gasteiger partial charge in [-0.05, 0) is 182 Å². The van der Waals surface area contributed by atoms with E-state index >= 15 is 0 Å². The SMILES string of the molecule is CC1(C)OB(c2cccc3c2-c2cc(-c4ccccc4)ccc2[Si]3(c2ccccc2)c2ccccc2)OC1(C)C.Clc1cccc2c1-c1cc(-c3ccccc3)ccc1[Si]2(c1ccccc1)c1ccccc1.Clc1cccc2c1-c1cc(Br)ccc1[Si]2(c1ccccc1)c1ccccc1.OB(O)c1ccccc1.[2H-].[2HH].[2H][2H].[2H][2H].[2H][2H].[2H][2H].[2H][2H].[2H][2H].[B][B]B([B])B([B])[B]. The van der Waals surface area contributed by atoms with Gasteiger partial charge in [0.2, 0.25) is 0 Å². The maximum atomic E-state index is 8.58. The Balaban J connectivity index is 0.000000232. The molecule has 0 atom stereocenters. The zero-order chi connectivity index (χ0) is 92.1. The molecule has 0 bridgehead atoms. The first-order chi connectivity index (χ1) is 61.8. The Morgan fingerprint density at radius 3 is 0.974 bits per heavy atom. The van der Waals surface area contributed by atoms with E-state index in [2.05, 4.69) is 383 Å². The number of hydrogen-bond donors (Lipinski definition) is 2. The Morgan fingerprint density at radius 2 is 0.661 bits per heavy atom. The van der Waals surface area contributed by atoms with Crippen LogP contribution in [-0.2, 0) is 9.31 Å². The minimum Gasteiger partial charge on any atom is -1.00 e. The van der Waals surface area contributed by atoms with Crippen LogP contribution in [0, 0.1) is 0 Å². The van der Waals surface area contributed by atoms with Crippen molar-refractivity contribution in [3.63, 3.8) is 0 Å². The average molecular weight is 1660 g/mol. The number of hydrogen-bond acceptors (Lipinski definition) is 4. The van der Waals surface area contributed by atoms with Crippen molar-refractivity contribution in [2.75, 3.05) is 0 Å². The van der Waals surface area contributed by atoms with E-state index in [-0.39, 0.29) is 9.24 Å². The molecule has 0 amide bonds. The molecular weight excluding hydrogens is 1550 g/mol. The van der Waals surface area contributed by atoms with Crippen LogP contribution in [0.4, 0.5) is 0 Å². The molecule has 0 saturated carbocycles. The normalized spacial score (nSPS) is 14.8. The summed E-state index contributed by atoms with van der Waals surface area (Å²) in [5, 5.41) is 35.5. The fourth-order valence-corrected chi connectivity index (χ4v) is 33.7. The summed E-state index contributed by atoms with van der Waals surface area (Å²) >= 11 is 17.3. The summed E-state index contributed by atoms with van der Waals surface area (Å²) in [6.45, 7) is 8.52. The first-order valence-corrected chi connectivity index (χ1v) is 46.2. The Morgan fingerprint density at radius 1 is 0.365 bits per heavy atom. The summed E-state index contributed by atoms with van der Waals surface area (Å²) in [7, 11) is 12.3. The first-order valence-electron chi connectivity index (χ1n) is 44.7. The molecule has 0 unspecified atom stereocenters. The van der Waals surface area contributed by atoms with Crippen LogP contribution in [0.3, 0.4) is 0 Å². The van der Waals surface area contributed by atoms with E-state index < -0.39 is 56.0 Å². The van der Waals surface area contributed by atoms with Crippen LogP contribution < -0.4 is 73.2 Å². The molecular formula is C96H92B9BrCl2O4Si3-. The Kier molecular flexibility index (Phi) is 22.1. The van der Waals surface area contributed by atoms with Crippen LogP contribution in [-0.4, -0.2) is 110 Å². The van der Waals surface area contributed by atoms with E-state index in [9.17, 15) is 0 Å². The van der Waals surface area contributed by atoms with Gasteiger partial charge in [-0.25, -0.2) is 0 Å². The van der Waals surface area contributed by atoms with E-state index in [1.54, 1.807) is 24.3 Å². The highest BCUT2D eigenvalue weighted by Crippen LogP contribution is 2.41. The molecule has 1 fully saturated rings. The van der Waals surface area contributed by atoms with E-state index in [0.29, 0.717) is 5.46 Å². The lowest BCUT2D eigenvalue weighted by atomic mass is 8.76. The van der Waals surface area contributed by atoms with Crippen LogP contribution in [0.5, 0.6) is 0 Å². The quantitative estimate of drug-likeness (QED) is 0.120. The molecule has 4 aliphatic rings. The van der Waals surface area contributed by atoms with Gasteiger partial charge < -0.3 is 20.8 Å². The highest BCUT2D eigenvalue weighted by Gasteiger charge is 2.56. The number of halogens is 3. The van der Waals surface area contributed by atoms with Crippen molar-refractivity contribution in [1.29, 1.82) is 0 Å². The molecule has 4 heterocycles.